The van der Waals surface area contributed by atoms with Gasteiger partial charge >= 0.3 is 5.97 Å². The maximum Gasteiger partial charge on any atom is 0.352 e. The number of aliphatic hydroxyl groups excluding tert-OH is 1. The SMILES string of the molecule is C=C(C(O)/C=N/OCC1=C(C(=O)O)N2C(=O)C(NC(=O)Cn3cnnn3)C2SC1)N(CC)CC. The van der Waals surface area contributed by atoms with Gasteiger partial charge in [-0.25, -0.2) is 9.48 Å². The Hall–Kier alpha value is -3.46. The highest BCUT2D eigenvalue weighted by Gasteiger charge is 2.54. The predicted octanol–water partition coefficient (Wildman–Crippen LogP) is -1.37. The summed E-state index contributed by atoms with van der Waals surface area (Å²) >= 11 is 1.30. The van der Waals surface area contributed by atoms with Crippen LogP contribution in [0.5, 0.6) is 0 Å². The van der Waals surface area contributed by atoms with Crippen molar-refractivity contribution < 1.29 is 29.4 Å². The first-order valence-corrected chi connectivity index (χ1v) is 11.5. The van der Waals surface area contributed by atoms with Crippen LogP contribution in [0.3, 0.4) is 0 Å². The minimum atomic E-state index is -1.28. The summed E-state index contributed by atoms with van der Waals surface area (Å²) in [6.45, 7) is 8.72. The molecule has 2 amide bonds. The van der Waals surface area contributed by atoms with Gasteiger partial charge in [0.1, 0.15) is 42.7 Å². The number of carboxylic acids is 1. The third-order valence-corrected chi connectivity index (χ3v) is 6.63. The van der Waals surface area contributed by atoms with Crippen LogP contribution >= 0.6 is 11.8 Å². The van der Waals surface area contributed by atoms with Crippen molar-refractivity contribution in [2.75, 3.05) is 25.4 Å². The number of likely N-dealkylation sites (N-methyl/N-ethyl adjacent to an activating group) is 1. The number of tetrazole rings is 1. The number of carboxylic acid groups (broad SMARTS) is 1. The average molecular weight is 495 g/mol. The molecule has 3 atom stereocenters. The number of hydrogen-bond donors (Lipinski definition) is 3. The molecule has 0 bridgehead atoms. The van der Waals surface area contributed by atoms with E-state index in [-0.39, 0.29) is 24.6 Å². The molecule has 0 aliphatic carbocycles. The molecule has 14 nitrogen and oxygen atoms in total. The maximum absolute atomic E-state index is 12.6. The molecule has 34 heavy (non-hydrogen) atoms. The van der Waals surface area contributed by atoms with E-state index in [0.29, 0.717) is 24.4 Å². The number of aliphatic carboxylic acids is 1. The largest absolute Gasteiger partial charge is 0.477 e. The number of nitrogens with one attached hydrogen (secondary N) is 1. The number of hydrogen-bond acceptors (Lipinski definition) is 11. The summed E-state index contributed by atoms with van der Waals surface area (Å²) in [5, 5.41) is 36.1. The second kappa shape index (κ2) is 11.1. The quantitative estimate of drug-likeness (QED) is 0.178. The standard InChI is InChI=1S/C19H26N8O6S/c1-4-25(5-2)11(3)13(28)6-21-33-8-12-9-34-18-15(17(30)27(18)16(12)19(31)32)22-14(29)7-26-10-20-23-24-26/h6,10,13,15,18,28H,3-5,7-9H2,1-2H3,(H,22,29)(H,31,32)/b21-6+. The summed E-state index contributed by atoms with van der Waals surface area (Å²) in [5.41, 5.74) is 0.635. The minimum Gasteiger partial charge on any atom is -0.477 e. The Kier molecular flexibility index (Phi) is 8.22. The van der Waals surface area contributed by atoms with Crippen molar-refractivity contribution >= 4 is 35.8 Å². The Morgan fingerprint density at radius 2 is 2.21 bits per heavy atom. The number of amides is 2. The number of fused-ring (bicyclic) bond motifs is 1. The maximum atomic E-state index is 12.6. The molecular formula is C19H26N8O6S. The van der Waals surface area contributed by atoms with E-state index in [0.717, 1.165) is 4.90 Å². The number of aromatic nitrogens is 4. The fourth-order valence-corrected chi connectivity index (χ4v) is 4.86. The Bertz CT molecular complexity index is 993. The molecule has 0 aromatic carbocycles. The van der Waals surface area contributed by atoms with Gasteiger partial charge in [-0.3, -0.25) is 14.5 Å². The van der Waals surface area contributed by atoms with E-state index in [1.54, 1.807) is 0 Å². The third kappa shape index (κ3) is 5.36. The smallest absolute Gasteiger partial charge is 0.352 e. The zero-order valence-corrected chi connectivity index (χ0v) is 19.5. The van der Waals surface area contributed by atoms with E-state index in [2.05, 4.69) is 32.6 Å². The van der Waals surface area contributed by atoms with Gasteiger partial charge in [-0.05, 0) is 24.3 Å². The number of rotatable bonds is 12. The Morgan fingerprint density at radius 1 is 1.47 bits per heavy atom. The molecule has 1 fully saturated rings. The van der Waals surface area contributed by atoms with Gasteiger partial charge in [0.25, 0.3) is 5.91 Å². The van der Waals surface area contributed by atoms with Gasteiger partial charge in [-0.2, -0.15) is 0 Å². The van der Waals surface area contributed by atoms with Gasteiger partial charge in [0, 0.05) is 30.1 Å². The van der Waals surface area contributed by atoms with Crippen molar-refractivity contribution in [3.63, 3.8) is 0 Å². The number of carbonyl (C=O) groups excluding carboxylic acids is 2. The van der Waals surface area contributed by atoms with Crippen LogP contribution in [0.2, 0.25) is 0 Å². The van der Waals surface area contributed by atoms with Crippen molar-refractivity contribution in [2.24, 2.45) is 5.16 Å². The minimum absolute atomic E-state index is 0.167. The molecular weight excluding hydrogens is 468 g/mol. The summed E-state index contributed by atoms with van der Waals surface area (Å²) in [7, 11) is 0. The van der Waals surface area contributed by atoms with Crippen molar-refractivity contribution in [1.82, 2.24) is 35.3 Å². The Balaban J connectivity index is 1.59. The molecule has 15 heteroatoms. The highest BCUT2D eigenvalue weighted by Crippen LogP contribution is 2.40. The van der Waals surface area contributed by atoms with E-state index in [1.807, 2.05) is 18.7 Å². The monoisotopic (exact) mass is 494 g/mol. The predicted molar refractivity (Wildman–Crippen MR) is 120 cm³/mol. The number of carbonyl (C=O) groups is 3. The normalized spacial score (nSPS) is 20.6. The van der Waals surface area contributed by atoms with Gasteiger partial charge in [-0.15, -0.1) is 16.9 Å². The van der Waals surface area contributed by atoms with Crippen LogP contribution in [-0.2, 0) is 25.8 Å². The number of nitrogens with zero attached hydrogens (tertiary/aromatic N) is 7. The number of aliphatic hydroxyl groups is 1. The van der Waals surface area contributed by atoms with Gasteiger partial charge in [-0.1, -0.05) is 11.7 Å². The first kappa shape index (κ1) is 25.2. The summed E-state index contributed by atoms with van der Waals surface area (Å²) < 4.78 is 1.21. The lowest BCUT2D eigenvalue weighted by atomic mass is 10.0. The van der Waals surface area contributed by atoms with Gasteiger partial charge < -0.3 is 25.3 Å². The second-order valence-corrected chi connectivity index (χ2v) is 8.46. The van der Waals surface area contributed by atoms with Gasteiger partial charge in [0.15, 0.2) is 0 Å². The Labute approximate surface area is 199 Å². The van der Waals surface area contributed by atoms with Gasteiger partial charge in [0.2, 0.25) is 5.91 Å². The van der Waals surface area contributed by atoms with Crippen LogP contribution in [0, 0.1) is 0 Å². The number of oxime groups is 1. The fraction of sp³-hybridized carbons (Fsp3) is 0.526. The first-order chi connectivity index (χ1) is 16.3. The Morgan fingerprint density at radius 3 is 2.82 bits per heavy atom. The molecule has 3 unspecified atom stereocenters. The summed E-state index contributed by atoms with van der Waals surface area (Å²) in [4.78, 5) is 44.9. The highest BCUT2D eigenvalue weighted by molar-refractivity contribution is 8.00. The molecule has 2 aliphatic heterocycles. The summed E-state index contributed by atoms with van der Waals surface area (Å²) in [5.74, 6) is -2.03. The lowest BCUT2D eigenvalue weighted by Crippen LogP contribution is -2.70. The van der Waals surface area contributed by atoms with E-state index >= 15 is 0 Å². The molecule has 1 aromatic heterocycles. The van der Waals surface area contributed by atoms with Crippen molar-refractivity contribution in [1.29, 1.82) is 0 Å². The first-order valence-electron chi connectivity index (χ1n) is 10.5. The van der Waals surface area contributed by atoms with Crippen LogP contribution in [0.15, 0.2) is 35.0 Å². The second-order valence-electron chi connectivity index (χ2n) is 7.36. The average Bonchev–Trinajstić information content (AvgIpc) is 3.33. The zero-order chi connectivity index (χ0) is 24.8. The molecule has 0 saturated carbocycles. The number of β-lactam (4-membered cyclic amide) rings is 1. The lowest BCUT2D eigenvalue weighted by molar-refractivity contribution is -0.150. The summed E-state index contributed by atoms with van der Waals surface area (Å²) in [6, 6.07) is -0.856. The van der Waals surface area contributed by atoms with Gasteiger partial charge in [0.05, 0.1) is 6.21 Å². The van der Waals surface area contributed by atoms with Crippen molar-refractivity contribution in [3.05, 3.63) is 29.9 Å². The fourth-order valence-electron chi connectivity index (χ4n) is 3.53. The van der Waals surface area contributed by atoms with Crippen LogP contribution in [-0.4, -0.2) is 107 Å². The molecule has 0 radical (unpaired) electrons. The van der Waals surface area contributed by atoms with E-state index in [1.165, 1.54) is 29.0 Å². The van der Waals surface area contributed by atoms with Crippen LogP contribution in [0.4, 0.5) is 0 Å². The zero-order valence-electron chi connectivity index (χ0n) is 18.7. The molecule has 1 aromatic rings. The molecule has 2 aliphatic rings. The third-order valence-electron chi connectivity index (χ3n) is 5.29. The van der Waals surface area contributed by atoms with E-state index < -0.39 is 35.3 Å². The number of thioether (sulfide) groups is 1. The van der Waals surface area contributed by atoms with Crippen LogP contribution < -0.4 is 5.32 Å². The lowest BCUT2D eigenvalue weighted by Gasteiger charge is -2.49. The van der Waals surface area contributed by atoms with Crippen molar-refractivity contribution in [2.45, 2.75) is 37.9 Å². The topological polar surface area (TPSA) is 175 Å². The van der Waals surface area contributed by atoms with E-state index in [4.69, 9.17) is 4.84 Å². The van der Waals surface area contributed by atoms with Crippen molar-refractivity contribution in [3.8, 4) is 0 Å². The molecule has 1 saturated heterocycles. The molecule has 3 rings (SSSR count). The molecule has 3 heterocycles. The highest BCUT2D eigenvalue weighted by atomic mass is 32.2. The van der Waals surface area contributed by atoms with Crippen LogP contribution in [0.25, 0.3) is 0 Å². The van der Waals surface area contributed by atoms with E-state index in [9.17, 15) is 24.6 Å². The molecule has 0 spiro atoms. The molecule has 184 valence electrons. The van der Waals surface area contributed by atoms with Crippen LogP contribution in [0.1, 0.15) is 13.8 Å². The molecule has 3 N–H and O–H groups in total. The summed E-state index contributed by atoms with van der Waals surface area (Å²) in [6.07, 6.45) is 1.39.